The van der Waals surface area contributed by atoms with Crippen molar-refractivity contribution in [1.29, 1.82) is 0 Å². The number of hydrogen-bond donors (Lipinski definition) is 1. The number of aromatic nitrogens is 11. The number of aromatic amines is 1. The predicted octanol–water partition coefficient (Wildman–Crippen LogP) is 8.54. The molecule has 0 fully saturated rings. The van der Waals surface area contributed by atoms with Crippen LogP contribution in [0, 0.1) is 6.92 Å². The van der Waals surface area contributed by atoms with Gasteiger partial charge in [0.05, 0.1) is 11.0 Å². The van der Waals surface area contributed by atoms with E-state index in [9.17, 15) is 0 Å². The molecule has 3 aromatic carbocycles. The van der Waals surface area contributed by atoms with Crippen LogP contribution in [0.1, 0.15) is 19.4 Å². The average Bonchev–Trinajstić information content (AvgIpc) is 4.04. The molecule has 0 aliphatic carbocycles. The quantitative estimate of drug-likeness (QED) is 0.186. The molecular weight excluding hydrogens is 647 g/mol. The van der Waals surface area contributed by atoms with Gasteiger partial charge in [-0.1, -0.05) is 26.0 Å². The summed E-state index contributed by atoms with van der Waals surface area (Å²) in [6.45, 7) is 5.98. The fraction of sp³-hybridized carbons (Fsp3) is 0.0976. The Bertz CT molecular complexity index is 2450. The van der Waals surface area contributed by atoms with E-state index >= 15 is 0 Å². The number of benzene rings is 3. The highest BCUT2D eigenvalue weighted by molar-refractivity contribution is 5.79. The van der Waals surface area contributed by atoms with Gasteiger partial charge in [-0.3, -0.25) is 14.1 Å². The number of nitrogens with one attached hydrogen (secondary N) is 1. The second-order valence-electron chi connectivity index (χ2n) is 11.6. The Hall–Kier alpha value is -7.01. The van der Waals surface area contributed by atoms with Crippen molar-refractivity contribution in [3.63, 3.8) is 0 Å². The SMILES string of the molecule is CC.Cc1cnc(-c2ccc(-n3ccnc3-c3cccnc3)cc2)nc1.Cn1ccnc1-c1nccn1-c1ccc(-c2nc3ccccc3[nH]2)cc1. The lowest BCUT2D eigenvalue weighted by atomic mass is 10.2. The Kier molecular flexibility index (Phi) is 9.83. The second kappa shape index (κ2) is 15.3. The molecule has 0 unspecified atom stereocenters. The fourth-order valence-corrected chi connectivity index (χ4v) is 5.66. The van der Waals surface area contributed by atoms with Crippen LogP contribution in [-0.2, 0) is 7.05 Å². The lowest BCUT2D eigenvalue weighted by Crippen LogP contribution is -2.01. The average molecular weight is 684 g/mol. The first-order valence-corrected chi connectivity index (χ1v) is 17.0. The zero-order valence-corrected chi connectivity index (χ0v) is 29.3. The van der Waals surface area contributed by atoms with Crippen molar-refractivity contribution in [3.05, 3.63) is 152 Å². The van der Waals surface area contributed by atoms with Crippen LogP contribution in [0.5, 0.6) is 0 Å². The molecule has 6 aromatic heterocycles. The fourth-order valence-electron chi connectivity index (χ4n) is 5.66. The third kappa shape index (κ3) is 7.01. The highest BCUT2D eigenvalue weighted by atomic mass is 15.1. The molecule has 52 heavy (non-hydrogen) atoms. The molecule has 1 N–H and O–H groups in total. The van der Waals surface area contributed by atoms with E-state index in [1.54, 1.807) is 24.8 Å². The predicted molar refractivity (Wildman–Crippen MR) is 205 cm³/mol. The van der Waals surface area contributed by atoms with Gasteiger partial charge < -0.3 is 9.55 Å². The number of fused-ring (bicyclic) bond motifs is 1. The summed E-state index contributed by atoms with van der Waals surface area (Å²) in [6.07, 6.45) is 18.4. The van der Waals surface area contributed by atoms with Gasteiger partial charge >= 0.3 is 0 Å². The minimum absolute atomic E-state index is 0.727. The van der Waals surface area contributed by atoms with Gasteiger partial charge in [-0.2, -0.15) is 0 Å². The number of para-hydroxylation sites is 2. The first kappa shape index (κ1) is 33.5. The van der Waals surface area contributed by atoms with E-state index in [0.29, 0.717) is 0 Å². The van der Waals surface area contributed by atoms with Crippen molar-refractivity contribution in [1.82, 2.24) is 53.6 Å². The Balaban J connectivity index is 0.000000155. The topological polar surface area (TPSA) is 121 Å². The van der Waals surface area contributed by atoms with Crippen LogP contribution in [0.25, 0.3) is 68.2 Å². The van der Waals surface area contributed by atoms with Gasteiger partial charge in [-0.15, -0.1) is 0 Å². The van der Waals surface area contributed by atoms with E-state index in [4.69, 9.17) is 0 Å². The van der Waals surface area contributed by atoms with Crippen LogP contribution >= 0.6 is 0 Å². The summed E-state index contributed by atoms with van der Waals surface area (Å²) in [5.41, 5.74) is 8.13. The van der Waals surface area contributed by atoms with E-state index in [2.05, 4.69) is 64.1 Å². The van der Waals surface area contributed by atoms with E-state index in [1.165, 1.54) is 0 Å². The molecule has 0 saturated carbocycles. The van der Waals surface area contributed by atoms with Crippen molar-refractivity contribution < 1.29 is 0 Å². The zero-order valence-electron chi connectivity index (χ0n) is 29.3. The van der Waals surface area contributed by atoms with E-state index < -0.39 is 0 Å². The normalized spacial score (nSPS) is 10.7. The van der Waals surface area contributed by atoms with Crippen LogP contribution in [0.3, 0.4) is 0 Å². The van der Waals surface area contributed by atoms with Crippen LogP contribution in [0.2, 0.25) is 0 Å². The van der Waals surface area contributed by atoms with Crippen molar-refractivity contribution in [2.45, 2.75) is 20.8 Å². The van der Waals surface area contributed by atoms with Gasteiger partial charge in [0, 0.05) is 97.1 Å². The highest BCUT2D eigenvalue weighted by Gasteiger charge is 2.13. The first-order chi connectivity index (χ1) is 25.6. The summed E-state index contributed by atoms with van der Waals surface area (Å²) in [7, 11) is 1.96. The monoisotopic (exact) mass is 683 g/mol. The number of hydrogen-bond acceptors (Lipinski definition) is 7. The molecule has 6 heterocycles. The van der Waals surface area contributed by atoms with Crippen LogP contribution in [0.4, 0.5) is 0 Å². The van der Waals surface area contributed by atoms with E-state index in [0.717, 1.165) is 73.8 Å². The van der Waals surface area contributed by atoms with E-state index in [-0.39, 0.29) is 0 Å². The van der Waals surface area contributed by atoms with Crippen molar-refractivity contribution in [2.24, 2.45) is 7.05 Å². The van der Waals surface area contributed by atoms with Gasteiger partial charge in [-0.05, 0) is 85.3 Å². The number of nitrogens with zero attached hydrogens (tertiary/aromatic N) is 10. The highest BCUT2D eigenvalue weighted by Crippen LogP contribution is 2.25. The summed E-state index contributed by atoms with van der Waals surface area (Å²) < 4.78 is 6.03. The maximum absolute atomic E-state index is 4.66. The molecule has 9 rings (SSSR count). The van der Waals surface area contributed by atoms with Crippen LogP contribution < -0.4 is 0 Å². The minimum Gasteiger partial charge on any atom is -0.338 e. The maximum atomic E-state index is 4.66. The minimum atomic E-state index is 0.727. The zero-order chi connectivity index (χ0) is 35.9. The van der Waals surface area contributed by atoms with Crippen molar-refractivity contribution in [3.8, 4) is 57.2 Å². The summed E-state index contributed by atoms with van der Waals surface area (Å²) in [6, 6.07) is 28.3. The van der Waals surface area contributed by atoms with Gasteiger partial charge in [-0.25, -0.2) is 29.9 Å². The molecule has 0 atom stereocenters. The number of H-pyrrole nitrogens is 1. The van der Waals surface area contributed by atoms with Crippen LogP contribution in [-0.4, -0.2) is 53.6 Å². The Morgan fingerprint density at radius 2 is 1.15 bits per heavy atom. The molecule has 0 aliphatic heterocycles. The molecule has 0 aliphatic rings. The van der Waals surface area contributed by atoms with Crippen LogP contribution in [0.15, 0.2) is 147 Å². The second-order valence-corrected chi connectivity index (χ2v) is 11.6. The molecule has 11 nitrogen and oxygen atoms in total. The van der Waals surface area contributed by atoms with Gasteiger partial charge in [0.25, 0.3) is 0 Å². The third-order valence-corrected chi connectivity index (χ3v) is 8.22. The summed E-state index contributed by atoms with van der Waals surface area (Å²) >= 11 is 0. The summed E-state index contributed by atoms with van der Waals surface area (Å²) in [4.78, 5) is 34.2. The summed E-state index contributed by atoms with van der Waals surface area (Å²) in [5, 5.41) is 0. The Morgan fingerprint density at radius 1 is 0.538 bits per heavy atom. The lowest BCUT2D eigenvalue weighted by Gasteiger charge is -2.08. The van der Waals surface area contributed by atoms with Gasteiger partial charge in [0.15, 0.2) is 17.5 Å². The standard InChI is InChI=1S/C20H16N6.C19H15N5.C2H6/c1-25-12-10-21-19(25)20-22-11-13-26(20)15-8-6-14(7-9-15)18-23-16-4-2-3-5-17(16)24-18;1-14-11-22-18(23-12-14)15-4-6-17(7-5-15)24-10-9-21-19(24)16-3-2-8-20-13-16;1-2/h2-13H,1H3,(H,23,24);2-13H,1H3;1-2H3. The smallest absolute Gasteiger partial charge is 0.181 e. The van der Waals surface area contributed by atoms with Gasteiger partial charge in [0.2, 0.25) is 0 Å². The Labute approximate surface area is 301 Å². The lowest BCUT2D eigenvalue weighted by molar-refractivity contribution is 0.897. The molecule has 0 saturated heterocycles. The van der Waals surface area contributed by atoms with Crippen molar-refractivity contribution >= 4 is 11.0 Å². The number of pyridine rings is 1. The largest absolute Gasteiger partial charge is 0.338 e. The molecule has 0 spiro atoms. The molecule has 0 amide bonds. The first-order valence-electron chi connectivity index (χ1n) is 17.0. The van der Waals surface area contributed by atoms with E-state index in [1.807, 2.05) is 139 Å². The molecule has 0 radical (unpaired) electrons. The van der Waals surface area contributed by atoms with Gasteiger partial charge in [0.1, 0.15) is 11.6 Å². The maximum Gasteiger partial charge on any atom is 0.181 e. The molecule has 256 valence electrons. The molecule has 9 aromatic rings. The summed E-state index contributed by atoms with van der Waals surface area (Å²) in [5.74, 6) is 4.10. The molecule has 0 bridgehead atoms. The number of rotatable bonds is 6. The number of imidazole rings is 4. The third-order valence-electron chi connectivity index (χ3n) is 8.22. The number of aryl methyl sites for hydroxylation is 2. The molecular formula is C41H37N11. The molecule has 11 heteroatoms. The van der Waals surface area contributed by atoms with Crippen molar-refractivity contribution in [2.75, 3.05) is 0 Å². The Morgan fingerprint density at radius 3 is 1.79 bits per heavy atom.